The molecule has 0 fully saturated rings. The van der Waals surface area contributed by atoms with E-state index in [4.69, 9.17) is 11.5 Å². The number of aliphatic hydroxyl groups is 1. The second-order valence-electron chi connectivity index (χ2n) is 11.2. The number of rotatable bonds is 19. The average Bonchev–Trinajstić information content (AvgIpc) is 3.38. The van der Waals surface area contributed by atoms with Gasteiger partial charge in [0.1, 0.15) is 24.2 Å². The van der Waals surface area contributed by atoms with Crippen LogP contribution in [0.2, 0.25) is 0 Å². The first-order chi connectivity index (χ1) is 21.6. The molecule has 2 rings (SSSR count). The number of amides is 5. The molecule has 0 aliphatic carbocycles. The zero-order valence-corrected chi connectivity index (χ0v) is 25.4. The Bertz CT molecular complexity index is 1430. The normalized spacial score (nSPS) is 14.4. The number of carboxylic acid groups (broad SMARTS) is 2. The predicted molar refractivity (Wildman–Crippen MR) is 163 cm³/mol. The van der Waals surface area contributed by atoms with E-state index in [0.29, 0.717) is 5.56 Å². The number of primary amides is 1. The Morgan fingerprint density at radius 1 is 0.826 bits per heavy atom. The topological polar surface area (TPSA) is 296 Å². The third-order valence-corrected chi connectivity index (χ3v) is 6.91. The smallest absolute Gasteiger partial charge is 0.328 e. The van der Waals surface area contributed by atoms with Crippen LogP contribution >= 0.6 is 0 Å². The van der Waals surface area contributed by atoms with Crippen LogP contribution in [0.15, 0.2) is 30.5 Å². The molecular weight excluding hydrogens is 606 g/mol. The molecule has 0 unspecified atom stereocenters. The minimum absolute atomic E-state index is 0.0676. The number of H-pyrrole nitrogens is 1. The Kier molecular flexibility index (Phi) is 14.1. The van der Waals surface area contributed by atoms with Gasteiger partial charge in [-0.25, -0.2) is 4.79 Å². The van der Waals surface area contributed by atoms with Crippen molar-refractivity contribution < 1.29 is 48.9 Å². The van der Waals surface area contributed by atoms with E-state index >= 15 is 0 Å². The number of hydrogen-bond donors (Lipinski definition) is 10. The first-order valence-corrected chi connectivity index (χ1v) is 14.5. The van der Waals surface area contributed by atoms with Gasteiger partial charge in [0, 0.05) is 29.9 Å². The van der Waals surface area contributed by atoms with Crippen molar-refractivity contribution in [3.05, 3.63) is 36.0 Å². The highest BCUT2D eigenvalue weighted by Gasteiger charge is 2.33. The standard InChI is InChI=1S/C29H41N7O10/c1-14(2)9-20(27(43)36-22(13-37)29(45)46)34-28(44)21(10-15-12-32-18-6-4-3-5-16(15)18)35-26(42)19(7-8-24(39)40)33-25(41)17(30)11-23(31)38/h3-6,12,14,17,19-22,32,37H,7-11,13,30H2,1-2H3,(H2,31,38)(H,33,41)(H,34,44)(H,35,42)(H,36,43)(H,39,40)(H,45,46)/t17-,19-,20-,21-,22-/m0/s1. The molecule has 0 aliphatic heterocycles. The minimum atomic E-state index is -1.62. The van der Waals surface area contributed by atoms with Crippen LogP contribution in [0.5, 0.6) is 0 Å². The number of aromatic nitrogens is 1. The fourth-order valence-corrected chi connectivity index (χ4v) is 4.56. The second kappa shape index (κ2) is 17.5. The number of carbonyl (C=O) groups is 7. The van der Waals surface area contributed by atoms with Crippen LogP contribution in [-0.4, -0.2) is 98.6 Å². The van der Waals surface area contributed by atoms with Gasteiger partial charge in [-0.1, -0.05) is 32.0 Å². The van der Waals surface area contributed by atoms with E-state index < -0.39 is 97.6 Å². The number of aliphatic carboxylic acids is 2. The van der Waals surface area contributed by atoms with Gasteiger partial charge in [-0.05, 0) is 30.4 Å². The Balaban J connectivity index is 2.41. The Hall–Kier alpha value is -5.03. The summed E-state index contributed by atoms with van der Waals surface area (Å²) in [5.41, 5.74) is 12.1. The zero-order valence-electron chi connectivity index (χ0n) is 25.4. The average molecular weight is 648 g/mol. The lowest BCUT2D eigenvalue weighted by atomic mass is 10.00. The molecule has 17 heteroatoms. The number of para-hydroxylation sites is 1. The molecule has 12 N–H and O–H groups in total. The SMILES string of the molecule is CC(C)C[C@H](NC(=O)[C@H](Cc1c[nH]c2ccccc12)NC(=O)[C@H](CCC(=O)O)NC(=O)[C@@H](N)CC(N)=O)C(=O)N[C@@H](CO)C(=O)O. The van der Waals surface area contributed by atoms with E-state index in [1.807, 2.05) is 0 Å². The van der Waals surface area contributed by atoms with Gasteiger partial charge in [0.2, 0.25) is 29.5 Å². The van der Waals surface area contributed by atoms with Crippen LogP contribution in [0, 0.1) is 5.92 Å². The van der Waals surface area contributed by atoms with Crippen LogP contribution in [-0.2, 0) is 40.0 Å². The first-order valence-electron chi connectivity index (χ1n) is 14.5. The molecule has 1 aromatic heterocycles. The van der Waals surface area contributed by atoms with Gasteiger partial charge in [-0.15, -0.1) is 0 Å². The van der Waals surface area contributed by atoms with Gasteiger partial charge < -0.3 is 53.0 Å². The van der Waals surface area contributed by atoms with Crippen molar-refractivity contribution in [3.8, 4) is 0 Å². The fraction of sp³-hybridized carbons (Fsp3) is 0.483. The monoisotopic (exact) mass is 647 g/mol. The summed E-state index contributed by atoms with van der Waals surface area (Å²) in [6, 6.07) is -0.0546. The number of fused-ring (bicyclic) bond motifs is 1. The van der Waals surface area contributed by atoms with Crippen LogP contribution in [0.1, 0.15) is 45.1 Å². The third kappa shape index (κ3) is 11.5. The molecular formula is C29H41N7O10. The number of nitrogens with one attached hydrogen (secondary N) is 5. The van der Waals surface area contributed by atoms with E-state index in [1.165, 1.54) is 0 Å². The summed E-state index contributed by atoms with van der Waals surface area (Å²) in [6.07, 6.45) is 0.0945. The van der Waals surface area contributed by atoms with Crippen LogP contribution < -0.4 is 32.7 Å². The van der Waals surface area contributed by atoms with Crippen molar-refractivity contribution in [2.75, 3.05) is 6.61 Å². The van der Waals surface area contributed by atoms with Gasteiger partial charge in [0.25, 0.3) is 0 Å². The molecule has 1 heterocycles. The van der Waals surface area contributed by atoms with Crippen molar-refractivity contribution in [2.24, 2.45) is 17.4 Å². The number of aliphatic hydroxyl groups excluding tert-OH is 1. The molecule has 0 saturated carbocycles. The van der Waals surface area contributed by atoms with Crippen LogP contribution in [0.25, 0.3) is 10.9 Å². The predicted octanol–water partition coefficient (Wildman–Crippen LogP) is -2.16. The molecule has 0 radical (unpaired) electrons. The summed E-state index contributed by atoms with van der Waals surface area (Å²) >= 11 is 0. The lowest BCUT2D eigenvalue weighted by Crippen LogP contribution is -2.59. The van der Waals surface area contributed by atoms with E-state index in [0.717, 1.165) is 10.9 Å². The van der Waals surface area contributed by atoms with Crippen molar-refractivity contribution in [1.29, 1.82) is 0 Å². The maximum Gasteiger partial charge on any atom is 0.328 e. The Morgan fingerprint density at radius 2 is 1.39 bits per heavy atom. The molecule has 0 aliphatic rings. The van der Waals surface area contributed by atoms with Gasteiger partial charge in [0.05, 0.1) is 19.1 Å². The number of carbonyl (C=O) groups excluding carboxylic acids is 5. The molecule has 0 saturated heterocycles. The lowest BCUT2D eigenvalue weighted by molar-refractivity contribution is -0.143. The first kappa shape index (κ1) is 37.2. The molecule has 0 bridgehead atoms. The van der Waals surface area contributed by atoms with Crippen LogP contribution in [0.4, 0.5) is 0 Å². The number of nitrogens with two attached hydrogens (primary N) is 2. The molecule has 252 valence electrons. The second-order valence-corrected chi connectivity index (χ2v) is 11.2. The number of aromatic amines is 1. The number of benzene rings is 1. The molecule has 0 spiro atoms. The maximum atomic E-state index is 13.7. The fourth-order valence-electron chi connectivity index (χ4n) is 4.56. The van der Waals surface area contributed by atoms with E-state index in [-0.39, 0.29) is 18.8 Å². The number of carboxylic acids is 2. The van der Waals surface area contributed by atoms with Crippen LogP contribution in [0.3, 0.4) is 0 Å². The highest BCUT2D eigenvalue weighted by Crippen LogP contribution is 2.19. The Morgan fingerprint density at radius 3 is 1.98 bits per heavy atom. The molecule has 46 heavy (non-hydrogen) atoms. The van der Waals surface area contributed by atoms with Crippen molar-refractivity contribution in [2.45, 2.75) is 76.2 Å². The zero-order chi connectivity index (χ0) is 34.6. The summed E-state index contributed by atoms with van der Waals surface area (Å²) in [6.45, 7) is 2.63. The van der Waals surface area contributed by atoms with Gasteiger partial charge in [-0.3, -0.25) is 28.8 Å². The maximum absolute atomic E-state index is 13.7. The summed E-state index contributed by atoms with van der Waals surface area (Å²) in [4.78, 5) is 89.7. The minimum Gasteiger partial charge on any atom is -0.481 e. The lowest BCUT2D eigenvalue weighted by Gasteiger charge is -2.27. The molecule has 5 amide bonds. The van der Waals surface area contributed by atoms with E-state index in [9.17, 15) is 48.9 Å². The molecule has 17 nitrogen and oxygen atoms in total. The number of hydrogen-bond acceptors (Lipinski definition) is 9. The van der Waals surface area contributed by atoms with E-state index in [2.05, 4.69) is 26.3 Å². The van der Waals surface area contributed by atoms with Crippen molar-refractivity contribution in [3.63, 3.8) is 0 Å². The summed E-state index contributed by atoms with van der Waals surface area (Å²) < 4.78 is 0. The van der Waals surface area contributed by atoms with Gasteiger partial charge >= 0.3 is 11.9 Å². The van der Waals surface area contributed by atoms with Crippen molar-refractivity contribution in [1.82, 2.24) is 26.3 Å². The molecule has 5 atom stereocenters. The summed E-state index contributed by atoms with van der Waals surface area (Å²) in [5, 5.41) is 38.1. The molecule has 1 aromatic carbocycles. The van der Waals surface area contributed by atoms with E-state index in [1.54, 1.807) is 44.3 Å². The quantitative estimate of drug-likeness (QED) is 0.0783. The Labute approximate surface area is 263 Å². The largest absolute Gasteiger partial charge is 0.481 e. The van der Waals surface area contributed by atoms with Gasteiger partial charge in [0.15, 0.2) is 0 Å². The molecule has 2 aromatic rings. The highest BCUT2D eigenvalue weighted by molar-refractivity contribution is 5.96. The third-order valence-electron chi connectivity index (χ3n) is 6.91. The summed E-state index contributed by atoms with van der Waals surface area (Å²) in [5.74, 6) is -7.41. The van der Waals surface area contributed by atoms with Gasteiger partial charge in [-0.2, -0.15) is 0 Å². The van der Waals surface area contributed by atoms with Crippen molar-refractivity contribution >= 4 is 52.4 Å². The highest BCUT2D eigenvalue weighted by atomic mass is 16.4. The summed E-state index contributed by atoms with van der Waals surface area (Å²) in [7, 11) is 0.